The van der Waals surface area contributed by atoms with Crippen LogP contribution in [0.25, 0.3) is 0 Å². The molecule has 0 bridgehead atoms. The van der Waals surface area contributed by atoms with Crippen molar-refractivity contribution < 1.29 is 18.3 Å². The summed E-state index contributed by atoms with van der Waals surface area (Å²) in [5.41, 5.74) is -0.456. The monoisotopic (exact) mass is 298 g/mol. The first kappa shape index (κ1) is 14.9. The van der Waals surface area contributed by atoms with E-state index in [0.717, 1.165) is 17.0 Å². The molecular formula is C15H13F3OS. The van der Waals surface area contributed by atoms with Crippen LogP contribution in [0.4, 0.5) is 13.2 Å². The van der Waals surface area contributed by atoms with Gasteiger partial charge in [0.1, 0.15) is 0 Å². The summed E-state index contributed by atoms with van der Waals surface area (Å²) in [4.78, 5) is 0.971. The molecule has 0 amide bonds. The van der Waals surface area contributed by atoms with Crippen LogP contribution in [0.5, 0.6) is 0 Å². The standard InChI is InChI=1S/C15H13F3OS/c16-15(17,18)12-6-4-5-11(9-12)14(19)10-20-13-7-2-1-3-8-13/h1-9,14,19H,10H2. The molecule has 0 aliphatic heterocycles. The van der Waals surface area contributed by atoms with Gasteiger partial charge in [0.15, 0.2) is 0 Å². The van der Waals surface area contributed by atoms with Crippen LogP contribution in [0.2, 0.25) is 0 Å². The third-order valence-corrected chi connectivity index (χ3v) is 3.84. The Kier molecular flexibility index (Phi) is 4.73. The first-order chi connectivity index (χ1) is 9.47. The van der Waals surface area contributed by atoms with Gasteiger partial charge in [0, 0.05) is 10.6 Å². The molecular weight excluding hydrogens is 285 g/mol. The normalized spacial score (nSPS) is 13.2. The number of alkyl halides is 3. The van der Waals surface area contributed by atoms with Gasteiger partial charge in [-0.05, 0) is 29.8 Å². The fraction of sp³-hybridized carbons (Fsp3) is 0.200. The molecule has 5 heteroatoms. The van der Waals surface area contributed by atoms with Crippen molar-refractivity contribution in [2.24, 2.45) is 0 Å². The molecule has 1 unspecified atom stereocenters. The Morgan fingerprint density at radius 2 is 1.70 bits per heavy atom. The minimum atomic E-state index is -4.39. The Labute approximate surface area is 119 Å². The van der Waals surface area contributed by atoms with E-state index >= 15 is 0 Å². The van der Waals surface area contributed by atoms with Crippen LogP contribution in [0.1, 0.15) is 17.2 Å². The fourth-order valence-electron chi connectivity index (χ4n) is 1.71. The molecule has 0 aromatic heterocycles. The van der Waals surface area contributed by atoms with Crippen LogP contribution in [0.15, 0.2) is 59.5 Å². The molecule has 1 N–H and O–H groups in total. The maximum Gasteiger partial charge on any atom is 0.416 e. The van der Waals surface area contributed by atoms with E-state index in [0.29, 0.717) is 5.75 Å². The second kappa shape index (κ2) is 6.33. The molecule has 0 saturated carbocycles. The molecule has 0 radical (unpaired) electrons. The van der Waals surface area contributed by atoms with Crippen LogP contribution in [-0.4, -0.2) is 10.9 Å². The highest BCUT2D eigenvalue weighted by molar-refractivity contribution is 7.99. The number of aliphatic hydroxyl groups is 1. The van der Waals surface area contributed by atoms with Gasteiger partial charge < -0.3 is 5.11 Å². The molecule has 0 heterocycles. The fourth-order valence-corrected chi connectivity index (χ4v) is 2.60. The van der Waals surface area contributed by atoms with Crippen molar-refractivity contribution in [2.45, 2.75) is 17.2 Å². The van der Waals surface area contributed by atoms with Gasteiger partial charge in [0.2, 0.25) is 0 Å². The lowest BCUT2D eigenvalue weighted by molar-refractivity contribution is -0.137. The molecule has 0 fully saturated rings. The van der Waals surface area contributed by atoms with E-state index in [2.05, 4.69) is 0 Å². The number of benzene rings is 2. The van der Waals surface area contributed by atoms with Crippen LogP contribution in [0, 0.1) is 0 Å². The lowest BCUT2D eigenvalue weighted by atomic mass is 10.1. The van der Waals surface area contributed by atoms with Crippen molar-refractivity contribution in [2.75, 3.05) is 5.75 Å². The van der Waals surface area contributed by atoms with Gasteiger partial charge in [-0.3, -0.25) is 0 Å². The first-order valence-corrected chi connectivity index (χ1v) is 6.98. The van der Waals surface area contributed by atoms with Gasteiger partial charge in [0.25, 0.3) is 0 Å². The maximum absolute atomic E-state index is 12.6. The molecule has 0 spiro atoms. The average molecular weight is 298 g/mol. The number of hydrogen-bond donors (Lipinski definition) is 1. The summed E-state index contributed by atoms with van der Waals surface area (Å²) in [5.74, 6) is 0.311. The summed E-state index contributed by atoms with van der Waals surface area (Å²) in [6, 6.07) is 14.2. The largest absolute Gasteiger partial charge is 0.416 e. The molecule has 2 aromatic rings. The maximum atomic E-state index is 12.6. The Bertz CT molecular complexity index is 555. The van der Waals surface area contributed by atoms with E-state index in [1.807, 2.05) is 30.3 Å². The number of thioether (sulfide) groups is 1. The van der Waals surface area contributed by atoms with Crippen LogP contribution >= 0.6 is 11.8 Å². The molecule has 0 aliphatic rings. The van der Waals surface area contributed by atoms with Crippen molar-refractivity contribution in [1.29, 1.82) is 0 Å². The van der Waals surface area contributed by atoms with E-state index < -0.39 is 17.8 Å². The SMILES string of the molecule is OC(CSc1ccccc1)c1cccc(C(F)(F)F)c1. The summed E-state index contributed by atoms with van der Waals surface area (Å²) >= 11 is 1.41. The second-order valence-electron chi connectivity index (χ2n) is 4.26. The lowest BCUT2D eigenvalue weighted by Crippen LogP contribution is -2.07. The third kappa shape index (κ3) is 4.02. The van der Waals surface area contributed by atoms with Crippen LogP contribution in [0.3, 0.4) is 0 Å². The zero-order valence-electron chi connectivity index (χ0n) is 10.5. The van der Waals surface area contributed by atoms with Gasteiger partial charge >= 0.3 is 6.18 Å². The summed E-state index contributed by atoms with van der Waals surface area (Å²) in [6.45, 7) is 0. The number of halogens is 3. The zero-order valence-corrected chi connectivity index (χ0v) is 11.3. The molecule has 20 heavy (non-hydrogen) atoms. The lowest BCUT2D eigenvalue weighted by Gasteiger charge is -2.13. The second-order valence-corrected chi connectivity index (χ2v) is 5.36. The minimum absolute atomic E-state index is 0.281. The predicted molar refractivity (Wildman–Crippen MR) is 73.6 cm³/mol. The molecule has 2 rings (SSSR count). The van der Waals surface area contributed by atoms with E-state index in [9.17, 15) is 18.3 Å². The Balaban J connectivity index is 2.04. The summed E-state index contributed by atoms with van der Waals surface area (Å²) in [7, 11) is 0. The topological polar surface area (TPSA) is 20.2 Å². The van der Waals surface area contributed by atoms with E-state index in [1.54, 1.807) is 0 Å². The van der Waals surface area contributed by atoms with E-state index in [-0.39, 0.29) is 5.56 Å². The van der Waals surface area contributed by atoms with Crippen molar-refractivity contribution in [3.8, 4) is 0 Å². The van der Waals surface area contributed by atoms with Crippen LogP contribution < -0.4 is 0 Å². The Hall–Kier alpha value is -1.46. The highest BCUT2D eigenvalue weighted by Crippen LogP contribution is 2.32. The number of rotatable bonds is 4. The van der Waals surface area contributed by atoms with Gasteiger partial charge in [-0.15, -0.1) is 11.8 Å². The van der Waals surface area contributed by atoms with E-state index in [1.165, 1.54) is 23.9 Å². The number of aliphatic hydroxyl groups excluding tert-OH is 1. The van der Waals surface area contributed by atoms with Crippen LogP contribution in [-0.2, 0) is 6.18 Å². The van der Waals surface area contributed by atoms with Crippen molar-refractivity contribution in [1.82, 2.24) is 0 Å². The van der Waals surface area contributed by atoms with Crippen molar-refractivity contribution in [3.63, 3.8) is 0 Å². The summed E-state index contributed by atoms with van der Waals surface area (Å²) < 4.78 is 37.8. The molecule has 0 saturated heterocycles. The van der Waals surface area contributed by atoms with Crippen molar-refractivity contribution >= 4 is 11.8 Å². The molecule has 2 aromatic carbocycles. The third-order valence-electron chi connectivity index (χ3n) is 2.75. The van der Waals surface area contributed by atoms with Gasteiger partial charge in [-0.2, -0.15) is 13.2 Å². The van der Waals surface area contributed by atoms with Gasteiger partial charge in [0.05, 0.1) is 11.7 Å². The predicted octanol–water partition coefficient (Wildman–Crippen LogP) is 4.53. The number of hydrogen-bond acceptors (Lipinski definition) is 2. The average Bonchev–Trinajstić information content (AvgIpc) is 2.45. The van der Waals surface area contributed by atoms with E-state index in [4.69, 9.17) is 0 Å². The smallest absolute Gasteiger partial charge is 0.388 e. The quantitative estimate of drug-likeness (QED) is 0.837. The molecule has 106 valence electrons. The van der Waals surface area contributed by atoms with Gasteiger partial charge in [-0.1, -0.05) is 30.3 Å². The van der Waals surface area contributed by atoms with Gasteiger partial charge in [-0.25, -0.2) is 0 Å². The molecule has 1 nitrogen and oxygen atoms in total. The van der Waals surface area contributed by atoms with Crippen molar-refractivity contribution in [3.05, 3.63) is 65.7 Å². The summed E-state index contributed by atoms with van der Waals surface area (Å²) in [5, 5.41) is 9.98. The zero-order chi connectivity index (χ0) is 14.6. The highest BCUT2D eigenvalue weighted by Gasteiger charge is 2.30. The Morgan fingerprint density at radius 3 is 2.35 bits per heavy atom. The Morgan fingerprint density at radius 1 is 1.00 bits per heavy atom. The summed E-state index contributed by atoms with van der Waals surface area (Å²) in [6.07, 6.45) is -5.31. The molecule has 1 atom stereocenters. The highest BCUT2D eigenvalue weighted by atomic mass is 32.2. The minimum Gasteiger partial charge on any atom is -0.388 e. The first-order valence-electron chi connectivity index (χ1n) is 6.00. The molecule has 0 aliphatic carbocycles.